The molecule has 0 saturated carbocycles. The number of carboxylic acids is 1. The Balaban J connectivity index is 2.35. The maximum Gasteiger partial charge on any atom is 0.335 e. The minimum atomic E-state index is -1.04. The second-order valence-corrected chi connectivity index (χ2v) is 4.64. The van der Waals surface area contributed by atoms with Crippen LogP contribution in [0.5, 0.6) is 0 Å². The Morgan fingerprint density at radius 2 is 1.86 bits per heavy atom. The van der Waals surface area contributed by atoms with Gasteiger partial charge in [-0.15, -0.1) is 0 Å². The van der Waals surface area contributed by atoms with Crippen molar-refractivity contribution in [1.82, 2.24) is 5.32 Å². The molecular formula is C15H20N2O4. The monoisotopic (exact) mass is 292 g/mol. The van der Waals surface area contributed by atoms with Crippen LogP contribution in [0.4, 0.5) is 5.69 Å². The van der Waals surface area contributed by atoms with E-state index in [-0.39, 0.29) is 23.8 Å². The molecule has 1 aromatic carbocycles. The molecule has 0 aliphatic rings. The standard InChI is InChI=1S/C15H20N2O4/c1-2-9-16-13(18)7-4-8-14(19)17-12-6-3-5-11(10-12)15(20)21/h3,5-6,10H,2,4,7-9H2,1H3,(H,16,18)(H,17,19)(H,20,21). The van der Waals surface area contributed by atoms with Gasteiger partial charge < -0.3 is 15.7 Å². The lowest BCUT2D eigenvalue weighted by molar-refractivity contribution is -0.121. The number of carboxylic acid groups (broad SMARTS) is 1. The molecule has 21 heavy (non-hydrogen) atoms. The summed E-state index contributed by atoms with van der Waals surface area (Å²) in [5.74, 6) is -1.34. The van der Waals surface area contributed by atoms with Crippen LogP contribution in [-0.4, -0.2) is 29.4 Å². The first-order valence-electron chi connectivity index (χ1n) is 6.93. The van der Waals surface area contributed by atoms with Crippen molar-refractivity contribution in [1.29, 1.82) is 0 Å². The summed E-state index contributed by atoms with van der Waals surface area (Å²) >= 11 is 0. The minimum Gasteiger partial charge on any atom is -0.478 e. The van der Waals surface area contributed by atoms with Crippen molar-refractivity contribution < 1.29 is 19.5 Å². The summed E-state index contributed by atoms with van der Waals surface area (Å²) < 4.78 is 0. The fourth-order valence-corrected chi connectivity index (χ4v) is 1.72. The second-order valence-electron chi connectivity index (χ2n) is 4.64. The molecule has 0 bridgehead atoms. The van der Waals surface area contributed by atoms with Crippen LogP contribution in [-0.2, 0) is 9.59 Å². The number of hydrogen-bond acceptors (Lipinski definition) is 3. The van der Waals surface area contributed by atoms with Gasteiger partial charge >= 0.3 is 5.97 Å². The van der Waals surface area contributed by atoms with E-state index in [1.54, 1.807) is 12.1 Å². The number of carbonyl (C=O) groups is 3. The van der Waals surface area contributed by atoms with Gasteiger partial charge in [-0.1, -0.05) is 13.0 Å². The molecule has 0 atom stereocenters. The predicted octanol–water partition coefficient (Wildman–Crippen LogP) is 2.02. The number of hydrogen-bond donors (Lipinski definition) is 3. The molecule has 6 heteroatoms. The van der Waals surface area contributed by atoms with Gasteiger partial charge in [0.05, 0.1) is 5.56 Å². The average Bonchev–Trinajstić information content (AvgIpc) is 2.45. The molecule has 1 rings (SSSR count). The molecule has 6 nitrogen and oxygen atoms in total. The number of amides is 2. The maximum atomic E-state index is 11.7. The number of benzene rings is 1. The molecule has 0 heterocycles. The first-order chi connectivity index (χ1) is 10.0. The normalized spacial score (nSPS) is 9.95. The Hall–Kier alpha value is -2.37. The molecule has 0 aromatic heterocycles. The van der Waals surface area contributed by atoms with Crippen molar-refractivity contribution in [3.05, 3.63) is 29.8 Å². The topological polar surface area (TPSA) is 95.5 Å². The quantitative estimate of drug-likeness (QED) is 0.683. The molecule has 0 saturated heterocycles. The molecule has 0 aliphatic carbocycles. The summed E-state index contributed by atoms with van der Waals surface area (Å²) in [6, 6.07) is 6.04. The van der Waals surface area contributed by atoms with Crippen LogP contribution < -0.4 is 10.6 Å². The third-order valence-corrected chi connectivity index (χ3v) is 2.77. The van der Waals surface area contributed by atoms with Gasteiger partial charge in [0.25, 0.3) is 0 Å². The Morgan fingerprint density at radius 3 is 2.52 bits per heavy atom. The summed E-state index contributed by atoms with van der Waals surface area (Å²) in [6.07, 6.45) is 1.87. The molecule has 114 valence electrons. The maximum absolute atomic E-state index is 11.7. The number of carbonyl (C=O) groups excluding carboxylic acids is 2. The van der Waals surface area contributed by atoms with Crippen LogP contribution in [0.25, 0.3) is 0 Å². The molecule has 3 N–H and O–H groups in total. The highest BCUT2D eigenvalue weighted by Crippen LogP contribution is 2.11. The van der Waals surface area contributed by atoms with Crippen LogP contribution in [0.15, 0.2) is 24.3 Å². The van der Waals surface area contributed by atoms with Crippen LogP contribution in [0, 0.1) is 0 Å². The lowest BCUT2D eigenvalue weighted by Crippen LogP contribution is -2.24. The molecule has 2 amide bonds. The summed E-state index contributed by atoms with van der Waals surface area (Å²) in [6.45, 7) is 2.62. The average molecular weight is 292 g/mol. The summed E-state index contributed by atoms with van der Waals surface area (Å²) in [5, 5.41) is 14.2. The fourth-order valence-electron chi connectivity index (χ4n) is 1.72. The Kier molecular flexibility index (Phi) is 6.94. The summed E-state index contributed by atoms with van der Waals surface area (Å²) in [4.78, 5) is 33.9. The van der Waals surface area contributed by atoms with Crippen molar-refractivity contribution in [3.63, 3.8) is 0 Å². The first-order valence-corrected chi connectivity index (χ1v) is 6.93. The zero-order valence-corrected chi connectivity index (χ0v) is 12.0. The van der Waals surface area contributed by atoms with E-state index in [1.807, 2.05) is 6.92 Å². The first kappa shape index (κ1) is 16.7. The van der Waals surface area contributed by atoms with Gasteiger partial charge in [0.15, 0.2) is 0 Å². The zero-order chi connectivity index (χ0) is 15.7. The molecule has 1 aromatic rings. The van der Waals surface area contributed by atoms with Gasteiger partial charge in [-0.05, 0) is 31.0 Å². The lowest BCUT2D eigenvalue weighted by Gasteiger charge is -2.06. The predicted molar refractivity (Wildman–Crippen MR) is 79.2 cm³/mol. The second kappa shape index (κ2) is 8.73. The zero-order valence-electron chi connectivity index (χ0n) is 12.0. The lowest BCUT2D eigenvalue weighted by atomic mass is 10.2. The van der Waals surface area contributed by atoms with E-state index in [0.29, 0.717) is 25.1 Å². The molecule has 0 fully saturated rings. The highest BCUT2D eigenvalue weighted by atomic mass is 16.4. The largest absolute Gasteiger partial charge is 0.478 e. The van der Waals surface area contributed by atoms with E-state index < -0.39 is 5.97 Å². The fraction of sp³-hybridized carbons (Fsp3) is 0.400. The summed E-state index contributed by atoms with van der Waals surface area (Å²) in [7, 11) is 0. The van der Waals surface area contributed by atoms with E-state index >= 15 is 0 Å². The highest BCUT2D eigenvalue weighted by molar-refractivity contribution is 5.94. The van der Waals surface area contributed by atoms with Crippen LogP contribution in [0.2, 0.25) is 0 Å². The van der Waals surface area contributed by atoms with Crippen molar-refractivity contribution in [2.45, 2.75) is 32.6 Å². The van der Waals surface area contributed by atoms with Gasteiger partial charge in [0.2, 0.25) is 11.8 Å². The third-order valence-electron chi connectivity index (χ3n) is 2.77. The van der Waals surface area contributed by atoms with E-state index in [1.165, 1.54) is 12.1 Å². The van der Waals surface area contributed by atoms with E-state index in [9.17, 15) is 14.4 Å². The molecule has 0 spiro atoms. The third kappa shape index (κ3) is 6.56. The van der Waals surface area contributed by atoms with Gasteiger partial charge in [-0.3, -0.25) is 9.59 Å². The smallest absolute Gasteiger partial charge is 0.335 e. The number of aromatic carboxylic acids is 1. The number of rotatable bonds is 8. The van der Waals surface area contributed by atoms with E-state index in [2.05, 4.69) is 10.6 Å². The van der Waals surface area contributed by atoms with Gasteiger partial charge in [0.1, 0.15) is 0 Å². The van der Waals surface area contributed by atoms with E-state index in [4.69, 9.17) is 5.11 Å². The minimum absolute atomic E-state index is 0.0578. The van der Waals surface area contributed by atoms with Crippen molar-refractivity contribution in [2.24, 2.45) is 0 Å². The molecular weight excluding hydrogens is 272 g/mol. The molecule has 0 radical (unpaired) electrons. The number of anilines is 1. The Bertz CT molecular complexity index is 514. The SMILES string of the molecule is CCCNC(=O)CCCC(=O)Nc1cccc(C(=O)O)c1. The molecule has 0 aliphatic heterocycles. The van der Waals surface area contributed by atoms with E-state index in [0.717, 1.165) is 6.42 Å². The van der Waals surface area contributed by atoms with Crippen LogP contribution in [0.3, 0.4) is 0 Å². The van der Waals surface area contributed by atoms with Crippen molar-refractivity contribution in [3.8, 4) is 0 Å². The molecule has 0 unspecified atom stereocenters. The Labute approximate surface area is 123 Å². The van der Waals surface area contributed by atoms with Crippen molar-refractivity contribution >= 4 is 23.5 Å². The van der Waals surface area contributed by atoms with Gasteiger partial charge in [-0.25, -0.2) is 4.79 Å². The van der Waals surface area contributed by atoms with Crippen molar-refractivity contribution in [2.75, 3.05) is 11.9 Å². The number of nitrogens with one attached hydrogen (secondary N) is 2. The summed E-state index contributed by atoms with van der Waals surface area (Å²) in [5.41, 5.74) is 0.557. The van der Waals surface area contributed by atoms with Crippen LogP contribution >= 0.6 is 0 Å². The van der Waals surface area contributed by atoms with Crippen LogP contribution in [0.1, 0.15) is 43.0 Å². The van der Waals surface area contributed by atoms with Gasteiger partial charge in [-0.2, -0.15) is 0 Å². The highest BCUT2D eigenvalue weighted by Gasteiger charge is 2.07. The van der Waals surface area contributed by atoms with Gasteiger partial charge in [0, 0.05) is 25.1 Å². The Morgan fingerprint density at radius 1 is 1.14 bits per heavy atom.